The second-order valence-corrected chi connectivity index (χ2v) is 7.99. The summed E-state index contributed by atoms with van der Waals surface area (Å²) in [5, 5.41) is 4.19. The molecule has 2 heterocycles. The molecule has 0 radical (unpaired) electrons. The van der Waals surface area contributed by atoms with Gasteiger partial charge in [0.25, 0.3) is 5.91 Å². The van der Waals surface area contributed by atoms with Gasteiger partial charge >= 0.3 is 0 Å². The van der Waals surface area contributed by atoms with Crippen molar-refractivity contribution in [3.63, 3.8) is 0 Å². The van der Waals surface area contributed by atoms with Crippen molar-refractivity contribution >= 4 is 16.8 Å². The van der Waals surface area contributed by atoms with Crippen molar-refractivity contribution in [2.24, 2.45) is 0 Å². The minimum atomic E-state index is -0.191. The minimum Gasteiger partial charge on any atom is -0.493 e. The number of aromatic nitrogens is 1. The van der Waals surface area contributed by atoms with Crippen molar-refractivity contribution in [2.75, 3.05) is 34.0 Å². The maximum Gasteiger partial charge on any atom is 0.251 e. The Morgan fingerprint density at radius 1 is 0.971 bits per heavy atom. The lowest BCUT2D eigenvalue weighted by Crippen LogP contribution is -2.29. The molecule has 1 amide bonds. The normalized spacial score (nSPS) is 13.4. The second-order valence-electron chi connectivity index (χ2n) is 7.99. The molecular weight excluding hydrogens is 432 g/mol. The highest BCUT2D eigenvalue weighted by atomic mass is 16.6. The number of fused-ring (bicyclic) bond motifs is 2. The molecule has 3 aromatic carbocycles. The number of hydrogen-bond donors (Lipinski definition) is 2. The summed E-state index contributed by atoms with van der Waals surface area (Å²) in [5.41, 5.74) is 3.53. The zero-order valence-electron chi connectivity index (χ0n) is 19.1. The molecule has 0 aliphatic carbocycles. The lowest BCUT2D eigenvalue weighted by atomic mass is 9.89. The van der Waals surface area contributed by atoms with Gasteiger partial charge in [0.15, 0.2) is 23.0 Å². The van der Waals surface area contributed by atoms with Crippen LogP contribution in [0.5, 0.6) is 23.0 Å². The zero-order chi connectivity index (χ0) is 23.5. The molecule has 1 unspecified atom stereocenters. The lowest BCUT2D eigenvalue weighted by Gasteiger charge is -2.22. The molecule has 0 saturated carbocycles. The van der Waals surface area contributed by atoms with Gasteiger partial charge in [-0.1, -0.05) is 30.3 Å². The van der Waals surface area contributed by atoms with Gasteiger partial charge in [-0.3, -0.25) is 4.79 Å². The maximum absolute atomic E-state index is 13.1. The number of ether oxygens (including phenoxy) is 4. The van der Waals surface area contributed by atoms with Gasteiger partial charge in [0.2, 0.25) is 0 Å². The van der Waals surface area contributed by atoms with Crippen LogP contribution in [0.25, 0.3) is 10.9 Å². The summed E-state index contributed by atoms with van der Waals surface area (Å²) < 4.78 is 22.5. The van der Waals surface area contributed by atoms with Crippen LogP contribution in [0.4, 0.5) is 0 Å². The molecule has 5 rings (SSSR count). The number of H-pyrrole nitrogens is 1. The summed E-state index contributed by atoms with van der Waals surface area (Å²) in [5.74, 6) is 2.16. The summed E-state index contributed by atoms with van der Waals surface area (Å²) in [6.45, 7) is 1.34. The van der Waals surface area contributed by atoms with E-state index in [4.69, 9.17) is 18.9 Å². The molecule has 1 atom stereocenters. The molecule has 7 heteroatoms. The van der Waals surface area contributed by atoms with Crippen molar-refractivity contribution in [1.82, 2.24) is 10.3 Å². The summed E-state index contributed by atoms with van der Waals surface area (Å²) in [6.07, 6.45) is 1.99. The van der Waals surface area contributed by atoms with Crippen LogP contribution in [0.3, 0.4) is 0 Å². The first-order valence-electron chi connectivity index (χ1n) is 11.1. The molecule has 1 aliphatic rings. The Morgan fingerprint density at radius 2 is 1.79 bits per heavy atom. The monoisotopic (exact) mass is 458 g/mol. The summed E-state index contributed by atoms with van der Waals surface area (Å²) in [7, 11) is 3.24. The summed E-state index contributed by atoms with van der Waals surface area (Å²) in [4.78, 5) is 16.4. The molecule has 7 nitrogen and oxygen atoms in total. The van der Waals surface area contributed by atoms with Gasteiger partial charge in [-0.2, -0.15) is 0 Å². The number of hydrogen-bond acceptors (Lipinski definition) is 5. The highest BCUT2D eigenvalue weighted by Crippen LogP contribution is 2.40. The van der Waals surface area contributed by atoms with Crippen LogP contribution >= 0.6 is 0 Å². The molecule has 1 aliphatic heterocycles. The first kappa shape index (κ1) is 21.7. The van der Waals surface area contributed by atoms with Crippen LogP contribution in [0.15, 0.2) is 66.9 Å². The Bertz CT molecular complexity index is 1330. The Hall–Kier alpha value is -4.13. The third kappa shape index (κ3) is 4.01. The number of para-hydroxylation sites is 2. The number of amides is 1. The van der Waals surface area contributed by atoms with E-state index in [-0.39, 0.29) is 11.8 Å². The number of carbonyl (C=O) groups excluding carboxylic acids is 1. The second kappa shape index (κ2) is 9.39. The number of methoxy groups -OCH3 is 2. The van der Waals surface area contributed by atoms with Crippen LogP contribution in [0.1, 0.15) is 27.4 Å². The van der Waals surface area contributed by atoms with E-state index in [0.29, 0.717) is 48.3 Å². The van der Waals surface area contributed by atoms with E-state index in [0.717, 1.165) is 22.0 Å². The quantitative estimate of drug-likeness (QED) is 0.426. The van der Waals surface area contributed by atoms with E-state index in [1.54, 1.807) is 32.4 Å². The van der Waals surface area contributed by atoms with Crippen LogP contribution in [-0.4, -0.2) is 44.9 Å². The van der Waals surface area contributed by atoms with Crippen LogP contribution in [0.2, 0.25) is 0 Å². The van der Waals surface area contributed by atoms with E-state index in [9.17, 15) is 4.79 Å². The van der Waals surface area contributed by atoms with Crippen molar-refractivity contribution in [3.8, 4) is 23.0 Å². The van der Waals surface area contributed by atoms with Crippen molar-refractivity contribution in [1.29, 1.82) is 0 Å². The van der Waals surface area contributed by atoms with Crippen LogP contribution in [0, 0.1) is 0 Å². The third-order valence-corrected chi connectivity index (χ3v) is 6.08. The van der Waals surface area contributed by atoms with Gasteiger partial charge in [-0.25, -0.2) is 0 Å². The van der Waals surface area contributed by atoms with Crippen molar-refractivity contribution in [2.45, 2.75) is 5.92 Å². The molecule has 2 N–H and O–H groups in total. The van der Waals surface area contributed by atoms with Gasteiger partial charge < -0.3 is 29.2 Å². The van der Waals surface area contributed by atoms with Gasteiger partial charge in [0.1, 0.15) is 13.2 Å². The molecule has 0 bridgehead atoms. The number of nitrogens with one attached hydrogen (secondary N) is 2. The van der Waals surface area contributed by atoms with E-state index < -0.39 is 0 Å². The summed E-state index contributed by atoms with van der Waals surface area (Å²) in [6, 6.07) is 19.1. The fourth-order valence-electron chi connectivity index (χ4n) is 4.44. The number of rotatable bonds is 7. The molecule has 1 aromatic heterocycles. The molecular formula is C27H26N2O5. The van der Waals surface area contributed by atoms with E-state index >= 15 is 0 Å². The summed E-state index contributed by atoms with van der Waals surface area (Å²) >= 11 is 0. The average Bonchev–Trinajstić information content (AvgIpc) is 3.32. The highest BCUT2D eigenvalue weighted by Gasteiger charge is 2.25. The maximum atomic E-state index is 13.1. The topological polar surface area (TPSA) is 81.8 Å². The van der Waals surface area contributed by atoms with Crippen LogP contribution < -0.4 is 24.3 Å². The van der Waals surface area contributed by atoms with E-state index in [2.05, 4.69) is 16.4 Å². The number of aromatic amines is 1. The molecule has 0 fully saturated rings. The molecule has 34 heavy (non-hydrogen) atoms. The lowest BCUT2D eigenvalue weighted by molar-refractivity contribution is 0.0951. The average molecular weight is 459 g/mol. The fourth-order valence-corrected chi connectivity index (χ4v) is 4.44. The highest BCUT2D eigenvalue weighted by molar-refractivity contribution is 5.95. The van der Waals surface area contributed by atoms with Gasteiger partial charge in [-0.15, -0.1) is 0 Å². The predicted octanol–water partition coefficient (Wildman–Crippen LogP) is 4.52. The van der Waals surface area contributed by atoms with Gasteiger partial charge in [-0.05, 0) is 35.9 Å². The largest absolute Gasteiger partial charge is 0.493 e. The van der Waals surface area contributed by atoms with Crippen molar-refractivity contribution in [3.05, 3.63) is 83.6 Å². The molecule has 0 spiro atoms. The van der Waals surface area contributed by atoms with Crippen molar-refractivity contribution < 1.29 is 23.7 Å². The van der Waals surface area contributed by atoms with Gasteiger partial charge in [0, 0.05) is 40.7 Å². The molecule has 174 valence electrons. The fraction of sp³-hybridized carbons (Fsp3) is 0.222. The Balaban J connectivity index is 1.49. The third-order valence-electron chi connectivity index (χ3n) is 6.08. The van der Waals surface area contributed by atoms with Gasteiger partial charge in [0.05, 0.1) is 14.2 Å². The first-order valence-corrected chi connectivity index (χ1v) is 11.1. The predicted molar refractivity (Wildman–Crippen MR) is 129 cm³/mol. The standard InChI is InChI=1S/C27H26N2O5/c1-31-24-9-5-7-19(26(24)32-2)21(20-15-28-22-8-4-3-6-18(20)22)16-29-27(30)17-10-11-23-25(14-17)34-13-12-33-23/h3-11,14-15,21,28H,12-13,16H2,1-2H3,(H,29,30). The first-order chi connectivity index (χ1) is 16.7. The Kier molecular flexibility index (Phi) is 5.99. The smallest absolute Gasteiger partial charge is 0.251 e. The molecule has 4 aromatic rings. The molecule has 0 saturated heterocycles. The Labute approximate surface area is 197 Å². The number of carbonyl (C=O) groups is 1. The van der Waals surface area contributed by atoms with E-state index in [1.165, 1.54) is 0 Å². The zero-order valence-corrected chi connectivity index (χ0v) is 19.1. The SMILES string of the molecule is COc1cccc(C(CNC(=O)c2ccc3c(c2)OCCO3)c2c[nH]c3ccccc23)c1OC. The minimum absolute atomic E-state index is 0.178. The Morgan fingerprint density at radius 3 is 2.62 bits per heavy atom. The number of benzene rings is 3. The van der Waals surface area contributed by atoms with E-state index in [1.807, 2.05) is 42.6 Å². The van der Waals surface area contributed by atoms with Crippen LogP contribution in [-0.2, 0) is 0 Å².